The zero-order chi connectivity index (χ0) is 16.4. The third kappa shape index (κ3) is 4.07. The number of halogens is 1. The number of hydrogen-bond acceptors (Lipinski definition) is 1. The van der Waals surface area contributed by atoms with Gasteiger partial charge in [-0.25, -0.2) is 0 Å². The molecule has 0 saturated heterocycles. The van der Waals surface area contributed by atoms with E-state index in [4.69, 9.17) is 0 Å². The minimum absolute atomic E-state index is 0. The smallest absolute Gasteiger partial charge is 0.0815 e. The number of fused-ring (bicyclic) bond motifs is 2. The number of nitrogens with zero attached hydrogens (tertiary/aromatic N) is 1. The van der Waals surface area contributed by atoms with Gasteiger partial charge in [0.1, 0.15) is 0 Å². The van der Waals surface area contributed by atoms with Crippen molar-refractivity contribution in [3.63, 3.8) is 0 Å². The monoisotopic (exact) mass is 343 g/mol. The Hall–Kier alpha value is -1.61. The summed E-state index contributed by atoms with van der Waals surface area (Å²) in [6.45, 7) is 2.80. The fraction of sp³-hybridized carbons (Fsp3) is 0.333. The highest BCUT2D eigenvalue weighted by Crippen LogP contribution is 2.35. The second-order valence-electron chi connectivity index (χ2n) is 6.96. The van der Waals surface area contributed by atoms with Gasteiger partial charge in [0.2, 0.25) is 0 Å². The Morgan fingerprint density at radius 2 is 1.71 bits per heavy atom. The van der Waals surface area contributed by atoms with E-state index in [9.17, 15) is 5.21 Å². The van der Waals surface area contributed by atoms with Crippen LogP contribution in [0.2, 0.25) is 0 Å². The van der Waals surface area contributed by atoms with E-state index >= 15 is 0 Å². The van der Waals surface area contributed by atoms with Crippen LogP contribution in [-0.2, 0) is 12.8 Å². The molecule has 0 bridgehead atoms. The Bertz CT molecular complexity index is 744. The number of quaternary nitrogens is 1. The summed E-state index contributed by atoms with van der Waals surface area (Å²) in [5.41, 5.74) is 8.18. The number of rotatable bonds is 3. The van der Waals surface area contributed by atoms with Gasteiger partial charge < -0.3 is 9.85 Å². The van der Waals surface area contributed by atoms with Crippen LogP contribution in [0.5, 0.6) is 0 Å². The highest BCUT2D eigenvalue weighted by molar-refractivity contribution is 5.85. The standard InChI is InChI=1S/C21H25NO.ClH/c1-16-8-6-11-20-18(16)14-13-17-9-4-5-10-19(17)21(20)12-7-15-22(2,3)23;/h4-6,8-12H,7,13-15H2,1-3H3;1H. The van der Waals surface area contributed by atoms with E-state index in [0.29, 0.717) is 6.54 Å². The number of benzene rings is 2. The molecule has 0 aromatic heterocycles. The predicted octanol–water partition coefficient (Wildman–Crippen LogP) is 4.91. The molecule has 0 amide bonds. The molecule has 2 aromatic carbocycles. The van der Waals surface area contributed by atoms with Crippen molar-refractivity contribution in [3.8, 4) is 0 Å². The van der Waals surface area contributed by atoms with Crippen LogP contribution in [0, 0.1) is 12.1 Å². The molecule has 0 unspecified atom stereocenters. The number of hydrogen-bond donors (Lipinski definition) is 0. The van der Waals surface area contributed by atoms with Crippen LogP contribution < -0.4 is 0 Å². The fourth-order valence-electron chi connectivity index (χ4n) is 3.43. The molecular weight excluding hydrogens is 318 g/mol. The van der Waals surface area contributed by atoms with Gasteiger partial charge >= 0.3 is 0 Å². The van der Waals surface area contributed by atoms with Gasteiger partial charge in [0.15, 0.2) is 0 Å². The SMILES string of the molecule is Cc1cccc2c1CCc1ccccc1C2=CCC[N+](C)(C)[O-].Cl. The van der Waals surface area contributed by atoms with Gasteiger partial charge in [0.25, 0.3) is 0 Å². The molecular formula is C21H26ClNO. The van der Waals surface area contributed by atoms with Gasteiger partial charge in [-0.3, -0.25) is 0 Å². The van der Waals surface area contributed by atoms with Gasteiger partial charge in [-0.1, -0.05) is 48.5 Å². The summed E-state index contributed by atoms with van der Waals surface area (Å²) < 4.78 is -0.244. The van der Waals surface area contributed by atoms with Crippen molar-refractivity contribution in [2.24, 2.45) is 0 Å². The normalized spacial score (nSPS) is 15.2. The van der Waals surface area contributed by atoms with Crippen molar-refractivity contribution in [1.82, 2.24) is 0 Å². The van der Waals surface area contributed by atoms with E-state index in [0.717, 1.165) is 19.3 Å². The zero-order valence-electron chi connectivity index (χ0n) is 14.7. The van der Waals surface area contributed by atoms with Crippen molar-refractivity contribution in [2.75, 3.05) is 20.6 Å². The van der Waals surface area contributed by atoms with E-state index in [1.807, 2.05) is 0 Å². The molecule has 0 fully saturated rings. The topological polar surface area (TPSA) is 23.1 Å². The molecule has 0 heterocycles. The molecule has 3 heteroatoms. The average Bonchev–Trinajstić information content (AvgIpc) is 2.65. The third-order valence-electron chi connectivity index (χ3n) is 4.67. The van der Waals surface area contributed by atoms with Crippen molar-refractivity contribution in [1.29, 1.82) is 0 Å². The summed E-state index contributed by atoms with van der Waals surface area (Å²) in [6.07, 6.45) is 5.22. The first kappa shape index (κ1) is 18.7. The molecule has 2 aromatic rings. The quantitative estimate of drug-likeness (QED) is 0.573. The molecule has 0 radical (unpaired) electrons. The second-order valence-corrected chi connectivity index (χ2v) is 6.96. The van der Waals surface area contributed by atoms with Crippen LogP contribution in [0.25, 0.3) is 5.57 Å². The van der Waals surface area contributed by atoms with Crippen molar-refractivity contribution < 1.29 is 4.65 Å². The van der Waals surface area contributed by atoms with Gasteiger partial charge in [0, 0.05) is 6.42 Å². The molecule has 1 aliphatic rings. The van der Waals surface area contributed by atoms with Crippen molar-refractivity contribution in [2.45, 2.75) is 26.2 Å². The van der Waals surface area contributed by atoms with Gasteiger partial charge in [-0.15, -0.1) is 12.4 Å². The Balaban J connectivity index is 0.00000208. The third-order valence-corrected chi connectivity index (χ3v) is 4.67. The molecule has 2 nitrogen and oxygen atoms in total. The molecule has 3 rings (SSSR count). The Kier molecular flexibility index (Phi) is 5.87. The maximum atomic E-state index is 11.9. The van der Waals surface area contributed by atoms with E-state index < -0.39 is 0 Å². The Morgan fingerprint density at radius 3 is 2.46 bits per heavy atom. The van der Waals surface area contributed by atoms with Gasteiger partial charge in [-0.05, 0) is 53.2 Å². The molecule has 0 atom stereocenters. The summed E-state index contributed by atoms with van der Waals surface area (Å²) in [5.74, 6) is 0. The van der Waals surface area contributed by atoms with Gasteiger partial charge in [-0.2, -0.15) is 0 Å². The Morgan fingerprint density at radius 1 is 1.00 bits per heavy atom. The number of aryl methyl sites for hydroxylation is 2. The summed E-state index contributed by atoms with van der Waals surface area (Å²) in [5, 5.41) is 11.9. The van der Waals surface area contributed by atoms with Crippen LogP contribution >= 0.6 is 12.4 Å². The second kappa shape index (κ2) is 7.52. The maximum absolute atomic E-state index is 11.9. The highest BCUT2D eigenvalue weighted by atomic mass is 35.5. The summed E-state index contributed by atoms with van der Waals surface area (Å²) in [4.78, 5) is 0. The van der Waals surface area contributed by atoms with Gasteiger partial charge in [0.05, 0.1) is 20.6 Å². The lowest BCUT2D eigenvalue weighted by atomic mass is 9.91. The minimum Gasteiger partial charge on any atom is -0.633 e. The average molecular weight is 344 g/mol. The first-order valence-electron chi connectivity index (χ1n) is 8.37. The lowest BCUT2D eigenvalue weighted by Crippen LogP contribution is -2.32. The molecule has 0 N–H and O–H groups in total. The molecule has 128 valence electrons. The summed E-state index contributed by atoms with van der Waals surface area (Å²) in [6, 6.07) is 15.3. The lowest BCUT2D eigenvalue weighted by molar-refractivity contribution is -0.839. The van der Waals surface area contributed by atoms with E-state index in [-0.39, 0.29) is 17.1 Å². The predicted molar refractivity (Wildman–Crippen MR) is 104 cm³/mol. The molecule has 1 aliphatic carbocycles. The maximum Gasteiger partial charge on any atom is 0.0815 e. The molecule has 0 saturated carbocycles. The van der Waals surface area contributed by atoms with Crippen LogP contribution in [0.1, 0.15) is 34.2 Å². The van der Waals surface area contributed by atoms with Crippen LogP contribution in [-0.4, -0.2) is 25.3 Å². The first-order chi connectivity index (χ1) is 11.0. The number of hydroxylamine groups is 3. The van der Waals surface area contributed by atoms with Crippen LogP contribution in [0.15, 0.2) is 48.5 Å². The summed E-state index contributed by atoms with van der Waals surface area (Å²) in [7, 11) is 3.41. The van der Waals surface area contributed by atoms with Crippen LogP contribution in [0.4, 0.5) is 0 Å². The molecule has 0 aliphatic heterocycles. The van der Waals surface area contributed by atoms with E-state index in [1.165, 1.54) is 33.4 Å². The van der Waals surface area contributed by atoms with E-state index in [1.54, 1.807) is 14.1 Å². The van der Waals surface area contributed by atoms with Crippen LogP contribution in [0.3, 0.4) is 0 Å². The lowest BCUT2D eigenvalue weighted by Gasteiger charge is -2.33. The Labute approximate surface area is 151 Å². The fourth-order valence-corrected chi connectivity index (χ4v) is 3.43. The van der Waals surface area contributed by atoms with E-state index in [2.05, 4.69) is 55.5 Å². The molecule has 0 spiro atoms. The zero-order valence-corrected chi connectivity index (χ0v) is 15.5. The first-order valence-corrected chi connectivity index (χ1v) is 8.37. The highest BCUT2D eigenvalue weighted by Gasteiger charge is 2.18. The summed E-state index contributed by atoms with van der Waals surface area (Å²) >= 11 is 0. The largest absolute Gasteiger partial charge is 0.633 e. The molecule has 24 heavy (non-hydrogen) atoms. The minimum atomic E-state index is -0.244. The van der Waals surface area contributed by atoms with Crippen molar-refractivity contribution >= 4 is 18.0 Å². The van der Waals surface area contributed by atoms with Crippen molar-refractivity contribution in [3.05, 3.63) is 81.6 Å².